The quantitative estimate of drug-likeness (QED) is 0.641. The Kier molecular flexibility index (Phi) is 5.86. The van der Waals surface area contributed by atoms with Gasteiger partial charge in [0.1, 0.15) is 12.4 Å². The van der Waals surface area contributed by atoms with Gasteiger partial charge in [-0.15, -0.1) is 0 Å². The Labute approximate surface area is 92.2 Å². The van der Waals surface area contributed by atoms with Crippen LogP contribution < -0.4 is 4.74 Å². The smallest absolute Gasteiger partial charge is 0.119 e. The average Bonchev–Trinajstić information content (AvgIpc) is 2.30. The highest BCUT2D eigenvalue weighted by atomic mass is 16.5. The van der Waals surface area contributed by atoms with E-state index >= 15 is 0 Å². The number of rotatable bonds is 7. The molecule has 0 saturated carbocycles. The summed E-state index contributed by atoms with van der Waals surface area (Å²) >= 11 is 0. The summed E-state index contributed by atoms with van der Waals surface area (Å²) < 4.78 is 10.9. The number of benzene rings is 1. The van der Waals surface area contributed by atoms with Crippen LogP contribution in [0.5, 0.6) is 5.75 Å². The first-order chi connectivity index (χ1) is 7.36. The van der Waals surface area contributed by atoms with E-state index in [9.17, 15) is 0 Å². The zero-order valence-corrected chi connectivity index (χ0v) is 9.66. The third kappa shape index (κ3) is 4.84. The van der Waals surface area contributed by atoms with E-state index in [1.165, 1.54) is 5.56 Å². The van der Waals surface area contributed by atoms with Crippen molar-refractivity contribution < 1.29 is 9.47 Å². The van der Waals surface area contributed by atoms with E-state index in [1.54, 1.807) is 0 Å². The molecule has 0 radical (unpaired) electrons. The second-order valence-electron chi connectivity index (χ2n) is 3.46. The Hall–Kier alpha value is -1.02. The zero-order valence-electron chi connectivity index (χ0n) is 9.66. The van der Waals surface area contributed by atoms with E-state index in [4.69, 9.17) is 9.47 Å². The third-order valence-corrected chi connectivity index (χ3v) is 2.18. The molecule has 1 rings (SSSR count). The van der Waals surface area contributed by atoms with Gasteiger partial charge >= 0.3 is 0 Å². The molecule has 84 valence electrons. The normalized spacial score (nSPS) is 10.3. The lowest BCUT2D eigenvalue weighted by Gasteiger charge is -2.06. The lowest BCUT2D eigenvalue weighted by atomic mass is 10.2. The minimum atomic E-state index is 0.630. The van der Waals surface area contributed by atoms with E-state index in [-0.39, 0.29) is 0 Å². The molecule has 2 heteroatoms. The summed E-state index contributed by atoms with van der Waals surface area (Å²) in [5, 5.41) is 0. The van der Waals surface area contributed by atoms with Gasteiger partial charge in [0.05, 0.1) is 6.61 Å². The molecule has 0 aliphatic heterocycles. The molecule has 0 unspecified atom stereocenters. The summed E-state index contributed by atoms with van der Waals surface area (Å²) in [6, 6.07) is 8.22. The highest BCUT2D eigenvalue weighted by Gasteiger charge is 1.94. The molecular formula is C13H20O2. The van der Waals surface area contributed by atoms with Gasteiger partial charge in [-0.25, -0.2) is 0 Å². The van der Waals surface area contributed by atoms with Crippen molar-refractivity contribution >= 4 is 0 Å². The van der Waals surface area contributed by atoms with Crippen LogP contribution in [0.3, 0.4) is 0 Å². The van der Waals surface area contributed by atoms with Crippen LogP contribution >= 0.6 is 0 Å². The second-order valence-corrected chi connectivity index (χ2v) is 3.46. The van der Waals surface area contributed by atoms with Crippen LogP contribution in [0.15, 0.2) is 24.3 Å². The SMILES string of the molecule is CCCOCCOc1ccc(CC)cc1. The van der Waals surface area contributed by atoms with Crippen molar-refractivity contribution in [2.45, 2.75) is 26.7 Å². The summed E-state index contributed by atoms with van der Waals surface area (Å²) in [5.41, 5.74) is 1.34. The molecule has 0 saturated heterocycles. The topological polar surface area (TPSA) is 18.5 Å². The molecule has 0 aromatic heterocycles. The lowest BCUT2D eigenvalue weighted by Crippen LogP contribution is -2.06. The standard InChI is InChI=1S/C13H20O2/c1-3-9-14-10-11-15-13-7-5-12(4-2)6-8-13/h5-8H,3-4,9-11H2,1-2H3. The fraction of sp³-hybridized carbons (Fsp3) is 0.538. The van der Waals surface area contributed by atoms with E-state index < -0.39 is 0 Å². The molecule has 1 aromatic carbocycles. The molecule has 0 bridgehead atoms. The number of hydrogen-bond donors (Lipinski definition) is 0. The molecule has 0 amide bonds. The van der Waals surface area contributed by atoms with Gasteiger partial charge in [-0.2, -0.15) is 0 Å². The van der Waals surface area contributed by atoms with E-state index in [0.717, 1.165) is 25.2 Å². The fourth-order valence-corrected chi connectivity index (χ4v) is 1.29. The minimum absolute atomic E-state index is 0.630. The molecule has 1 aromatic rings. The van der Waals surface area contributed by atoms with Crippen LogP contribution in [-0.2, 0) is 11.2 Å². The van der Waals surface area contributed by atoms with E-state index in [0.29, 0.717) is 13.2 Å². The molecule has 0 aliphatic rings. The van der Waals surface area contributed by atoms with Gasteiger partial charge in [-0.1, -0.05) is 26.0 Å². The average molecular weight is 208 g/mol. The number of ether oxygens (including phenoxy) is 2. The highest BCUT2D eigenvalue weighted by molar-refractivity contribution is 5.27. The summed E-state index contributed by atoms with van der Waals surface area (Å²) in [6.45, 7) is 6.37. The lowest BCUT2D eigenvalue weighted by molar-refractivity contribution is 0.101. The first-order valence-electron chi connectivity index (χ1n) is 5.66. The van der Waals surface area contributed by atoms with Gasteiger partial charge in [0.15, 0.2) is 0 Å². The first kappa shape index (κ1) is 12.1. The largest absolute Gasteiger partial charge is 0.491 e. The summed E-state index contributed by atoms with van der Waals surface area (Å²) in [4.78, 5) is 0. The Morgan fingerprint density at radius 1 is 0.933 bits per heavy atom. The summed E-state index contributed by atoms with van der Waals surface area (Å²) in [5.74, 6) is 0.923. The van der Waals surface area contributed by atoms with Crippen molar-refractivity contribution in [2.75, 3.05) is 19.8 Å². The molecule has 0 aliphatic carbocycles. The molecule has 0 spiro atoms. The van der Waals surface area contributed by atoms with Crippen LogP contribution in [0.25, 0.3) is 0 Å². The predicted molar refractivity (Wildman–Crippen MR) is 62.4 cm³/mol. The maximum absolute atomic E-state index is 5.53. The van der Waals surface area contributed by atoms with Crippen LogP contribution in [0.4, 0.5) is 0 Å². The fourth-order valence-electron chi connectivity index (χ4n) is 1.29. The number of aryl methyl sites for hydroxylation is 1. The first-order valence-corrected chi connectivity index (χ1v) is 5.66. The molecule has 0 heterocycles. The summed E-state index contributed by atoms with van der Waals surface area (Å²) in [7, 11) is 0. The van der Waals surface area contributed by atoms with Gasteiger partial charge in [0, 0.05) is 6.61 Å². The predicted octanol–water partition coefficient (Wildman–Crippen LogP) is 3.05. The van der Waals surface area contributed by atoms with Crippen LogP contribution in [0, 0.1) is 0 Å². The van der Waals surface area contributed by atoms with Crippen molar-refractivity contribution in [3.63, 3.8) is 0 Å². The van der Waals surface area contributed by atoms with Gasteiger partial charge in [0.2, 0.25) is 0 Å². The molecule has 0 fully saturated rings. The molecular weight excluding hydrogens is 188 g/mol. The number of hydrogen-bond acceptors (Lipinski definition) is 2. The van der Waals surface area contributed by atoms with Gasteiger partial charge in [0.25, 0.3) is 0 Å². The van der Waals surface area contributed by atoms with Crippen LogP contribution in [0.1, 0.15) is 25.8 Å². The van der Waals surface area contributed by atoms with E-state index in [1.807, 2.05) is 12.1 Å². The second kappa shape index (κ2) is 7.30. The zero-order chi connectivity index (χ0) is 10.9. The highest BCUT2D eigenvalue weighted by Crippen LogP contribution is 2.12. The Bertz CT molecular complexity index is 254. The minimum Gasteiger partial charge on any atom is -0.491 e. The van der Waals surface area contributed by atoms with Crippen molar-refractivity contribution in [2.24, 2.45) is 0 Å². The maximum Gasteiger partial charge on any atom is 0.119 e. The van der Waals surface area contributed by atoms with Crippen LogP contribution in [0.2, 0.25) is 0 Å². The summed E-state index contributed by atoms with van der Waals surface area (Å²) in [6.07, 6.45) is 2.13. The molecule has 2 nitrogen and oxygen atoms in total. The van der Waals surface area contributed by atoms with Crippen molar-refractivity contribution in [1.82, 2.24) is 0 Å². The third-order valence-electron chi connectivity index (χ3n) is 2.18. The van der Waals surface area contributed by atoms with Crippen molar-refractivity contribution in [1.29, 1.82) is 0 Å². The molecule has 0 N–H and O–H groups in total. The Morgan fingerprint density at radius 2 is 1.67 bits per heavy atom. The maximum atomic E-state index is 5.53. The van der Waals surface area contributed by atoms with Gasteiger partial charge in [-0.05, 0) is 30.5 Å². The Morgan fingerprint density at radius 3 is 2.27 bits per heavy atom. The van der Waals surface area contributed by atoms with E-state index in [2.05, 4.69) is 26.0 Å². The van der Waals surface area contributed by atoms with Crippen molar-refractivity contribution in [3.05, 3.63) is 29.8 Å². The molecule has 15 heavy (non-hydrogen) atoms. The molecule has 0 atom stereocenters. The van der Waals surface area contributed by atoms with Gasteiger partial charge < -0.3 is 9.47 Å². The monoisotopic (exact) mass is 208 g/mol. The van der Waals surface area contributed by atoms with Crippen LogP contribution in [-0.4, -0.2) is 19.8 Å². The Balaban J connectivity index is 2.20. The van der Waals surface area contributed by atoms with Crippen molar-refractivity contribution in [3.8, 4) is 5.75 Å². The van der Waals surface area contributed by atoms with Gasteiger partial charge in [-0.3, -0.25) is 0 Å².